The van der Waals surface area contributed by atoms with E-state index in [-0.39, 0.29) is 23.9 Å². The third-order valence-electron chi connectivity index (χ3n) is 6.12. The molecule has 8 heteroatoms. The zero-order valence-electron chi connectivity index (χ0n) is 19.2. The minimum atomic E-state index is -0.148. The normalized spacial score (nSPS) is 13.7. The van der Waals surface area contributed by atoms with Crippen molar-refractivity contribution in [2.24, 2.45) is 0 Å². The van der Waals surface area contributed by atoms with Gasteiger partial charge < -0.3 is 19.0 Å². The summed E-state index contributed by atoms with van der Waals surface area (Å²) in [5.74, 6) is 0.835. The molecule has 2 aromatic heterocycles. The smallest absolute Gasteiger partial charge is 0.264 e. The Bertz CT molecular complexity index is 1420. The van der Waals surface area contributed by atoms with Crippen LogP contribution in [0.5, 0.6) is 5.75 Å². The molecule has 178 valence electrons. The van der Waals surface area contributed by atoms with Crippen molar-refractivity contribution in [3.63, 3.8) is 0 Å². The van der Waals surface area contributed by atoms with Crippen LogP contribution in [0.2, 0.25) is 0 Å². The maximum Gasteiger partial charge on any atom is 0.264 e. The molecule has 2 aromatic carbocycles. The number of carbonyl (C=O) groups is 2. The summed E-state index contributed by atoms with van der Waals surface area (Å²) in [6.07, 6.45) is 0. The Balaban J connectivity index is 1.23. The average Bonchev–Trinajstić information content (AvgIpc) is 3.42. The summed E-state index contributed by atoms with van der Waals surface area (Å²) >= 11 is 1.42. The van der Waals surface area contributed by atoms with Crippen molar-refractivity contribution >= 4 is 34.1 Å². The van der Waals surface area contributed by atoms with Crippen LogP contribution in [0.4, 0.5) is 0 Å². The molecule has 5 rings (SSSR count). The Morgan fingerprint density at radius 1 is 0.971 bits per heavy atom. The lowest BCUT2D eigenvalue weighted by Gasteiger charge is -2.34. The number of thiophene rings is 1. The molecule has 1 saturated heterocycles. The molecule has 0 unspecified atom stereocenters. The Morgan fingerprint density at radius 2 is 1.71 bits per heavy atom. The van der Waals surface area contributed by atoms with Gasteiger partial charge in [-0.1, -0.05) is 36.4 Å². The van der Waals surface area contributed by atoms with Crippen molar-refractivity contribution in [2.45, 2.75) is 6.92 Å². The number of hydrogen-bond donors (Lipinski definition) is 0. The molecule has 0 atom stereocenters. The van der Waals surface area contributed by atoms with Crippen LogP contribution in [0.15, 0.2) is 75.3 Å². The fourth-order valence-electron chi connectivity index (χ4n) is 4.27. The minimum absolute atomic E-state index is 0.00622. The molecule has 1 aliphatic heterocycles. The van der Waals surface area contributed by atoms with Gasteiger partial charge in [0, 0.05) is 32.2 Å². The molecule has 0 spiro atoms. The number of ether oxygens (including phenoxy) is 1. The first kappa shape index (κ1) is 22.9. The first-order valence-corrected chi connectivity index (χ1v) is 12.3. The highest BCUT2D eigenvalue weighted by Gasteiger charge is 2.25. The maximum absolute atomic E-state index is 13.1. The van der Waals surface area contributed by atoms with Crippen molar-refractivity contribution in [2.75, 3.05) is 32.8 Å². The first-order chi connectivity index (χ1) is 17.0. The SMILES string of the molecule is Cc1oc2cc(OCC(=O)N3CCN(C(=O)c4cccs4)CC3)ccc2c(=O)c1-c1ccccc1. The zero-order valence-corrected chi connectivity index (χ0v) is 20.0. The lowest BCUT2D eigenvalue weighted by Crippen LogP contribution is -2.51. The zero-order chi connectivity index (χ0) is 24.4. The topological polar surface area (TPSA) is 80.1 Å². The predicted molar refractivity (Wildman–Crippen MR) is 135 cm³/mol. The fraction of sp³-hybridized carbons (Fsp3) is 0.222. The Kier molecular flexibility index (Phi) is 6.37. The molecule has 0 bridgehead atoms. The Hall–Kier alpha value is -3.91. The van der Waals surface area contributed by atoms with Gasteiger partial charge in [-0.3, -0.25) is 14.4 Å². The lowest BCUT2D eigenvalue weighted by atomic mass is 10.0. The van der Waals surface area contributed by atoms with Crippen LogP contribution in [-0.2, 0) is 4.79 Å². The Morgan fingerprint density at radius 3 is 2.43 bits per heavy atom. The van der Waals surface area contributed by atoms with Gasteiger partial charge in [-0.25, -0.2) is 0 Å². The maximum atomic E-state index is 13.1. The number of aryl methyl sites for hydroxylation is 1. The van der Waals surface area contributed by atoms with Gasteiger partial charge in [-0.15, -0.1) is 11.3 Å². The fourth-order valence-corrected chi connectivity index (χ4v) is 4.96. The summed E-state index contributed by atoms with van der Waals surface area (Å²) < 4.78 is 11.7. The minimum Gasteiger partial charge on any atom is -0.484 e. The summed E-state index contributed by atoms with van der Waals surface area (Å²) in [7, 11) is 0. The number of carbonyl (C=O) groups excluding carboxylic acids is 2. The summed E-state index contributed by atoms with van der Waals surface area (Å²) in [6, 6.07) is 18.1. The first-order valence-electron chi connectivity index (χ1n) is 11.4. The number of amides is 2. The van der Waals surface area contributed by atoms with Crippen molar-refractivity contribution in [1.29, 1.82) is 0 Å². The third kappa shape index (κ3) is 4.70. The Labute approximate surface area is 206 Å². The van der Waals surface area contributed by atoms with Gasteiger partial charge in [0.2, 0.25) is 5.43 Å². The van der Waals surface area contributed by atoms with Gasteiger partial charge in [-0.05, 0) is 36.1 Å². The largest absolute Gasteiger partial charge is 0.484 e. The molecule has 1 fully saturated rings. The van der Waals surface area contributed by atoms with Gasteiger partial charge in [0.25, 0.3) is 11.8 Å². The van der Waals surface area contributed by atoms with Crippen molar-refractivity contribution in [3.8, 4) is 16.9 Å². The predicted octanol–water partition coefficient (Wildman–Crippen LogP) is 4.19. The number of piperazine rings is 1. The molecule has 0 radical (unpaired) electrons. The monoisotopic (exact) mass is 488 g/mol. The van der Waals surface area contributed by atoms with Crippen LogP contribution in [0.1, 0.15) is 15.4 Å². The number of benzene rings is 2. The molecule has 35 heavy (non-hydrogen) atoms. The second-order valence-corrected chi connectivity index (χ2v) is 9.27. The van der Waals surface area contributed by atoms with Crippen LogP contribution < -0.4 is 10.2 Å². The van der Waals surface area contributed by atoms with Crippen molar-refractivity contribution in [3.05, 3.63) is 86.9 Å². The quantitative estimate of drug-likeness (QED) is 0.421. The van der Waals surface area contributed by atoms with Crippen LogP contribution in [0, 0.1) is 6.92 Å². The average molecular weight is 489 g/mol. The number of rotatable bonds is 5. The van der Waals surface area contributed by atoms with Crippen LogP contribution >= 0.6 is 11.3 Å². The number of nitrogens with zero attached hydrogens (tertiary/aromatic N) is 2. The van der Waals surface area contributed by atoms with Gasteiger partial charge in [0.05, 0.1) is 15.8 Å². The molecule has 2 amide bonds. The second kappa shape index (κ2) is 9.76. The summed E-state index contributed by atoms with van der Waals surface area (Å²) in [5.41, 5.74) is 1.66. The highest BCUT2D eigenvalue weighted by molar-refractivity contribution is 7.12. The van der Waals surface area contributed by atoms with E-state index < -0.39 is 0 Å². The number of fused-ring (bicyclic) bond motifs is 1. The molecular formula is C27H24N2O5S. The molecule has 0 aliphatic carbocycles. The standard InChI is InChI=1S/C27H24N2O5S/c1-18-25(19-6-3-2-4-7-19)26(31)21-10-9-20(16-22(21)34-18)33-17-24(30)28-11-13-29(14-12-28)27(32)23-8-5-15-35-23/h2-10,15-16H,11-14,17H2,1H3. The van der Waals surface area contributed by atoms with E-state index in [1.54, 1.807) is 34.9 Å². The molecule has 1 aliphatic rings. The third-order valence-corrected chi connectivity index (χ3v) is 6.97. The highest BCUT2D eigenvalue weighted by Crippen LogP contribution is 2.26. The van der Waals surface area contributed by atoms with Crippen molar-refractivity contribution in [1.82, 2.24) is 9.80 Å². The van der Waals surface area contributed by atoms with E-state index in [2.05, 4.69) is 0 Å². The van der Waals surface area contributed by atoms with Crippen molar-refractivity contribution < 1.29 is 18.7 Å². The van der Waals surface area contributed by atoms with E-state index in [9.17, 15) is 14.4 Å². The van der Waals surface area contributed by atoms with Gasteiger partial charge in [0.15, 0.2) is 6.61 Å². The van der Waals surface area contributed by atoms with E-state index >= 15 is 0 Å². The van der Waals surface area contributed by atoms with Crippen LogP contribution in [0.25, 0.3) is 22.1 Å². The molecule has 7 nitrogen and oxygen atoms in total. The van der Waals surface area contributed by atoms with E-state index in [0.29, 0.717) is 59.1 Å². The van der Waals surface area contributed by atoms with E-state index in [4.69, 9.17) is 9.15 Å². The van der Waals surface area contributed by atoms with Gasteiger partial charge >= 0.3 is 0 Å². The molecule has 4 aromatic rings. The lowest BCUT2D eigenvalue weighted by molar-refractivity contribution is -0.134. The van der Waals surface area contributed by atoms with E-state index in [1.807, 2.05) is 47.8 Å². The van der Waals surface area contributed by atoms with Gasteiger partial charge in [0.1, 0.15) is 17.1 Å². The molecule has 0 saturated carbocycles. The summed E-state index contributed by atoms with van der Waals surface area (Å²) in [4.78, 5) is 42.4. The number of hydrogen-bond acceptors (Lipinski definition) is 6. The second-order valence-electron chi connectivity index (χ2n) is 8.33. The summed E-state index contributed by atoms with van der Waals surface area (Å²) in [5, 5.41) is 2.34. The van der Waals surface area contributed by atoms with Gasteiger partial charge in [-0.2, -0.15) is 0 Å². The summed E-state index contributed by atoms with van der Waals surface area (Å²) in [6.45, 7) is 3.55. The highest BCUT2D eigenvalue weighted by atomic mass is 32.1. The van der Waals surface area contributed by atoms with E-state index in [0.717, 1.165) is 5.56 Å². The molecule has 3 heterocycles. The van der Waals surface area contributed by atoms with Crippen LogP contribution in [0.3, 0.4) is 0 Å². The molecule has 0 N–H and O–H groups in total. The van der Waals surface area contributed by atoms with Crippen LogP contribution in [-0.4, -0.2) is 54.4 Å². The van der Waals surface area contributed by atoms with E-state index in [1.165, 1.54) is 11.3 Å². The molecular weight excluding hydrogens is 464 g/mol.